The van der Waals surface area contributed by atoms with Crippen LogP contribution >= 0.6 is 0 Å². The van der Waals surface area contributed by atoms with Gasteiger partial charge in [-0.05, 0) is 38.1 Å². The minimum Gasteiger partial charge on any atom is -0.462 e. The first-order valence-electron chi connectivity index (χ1n) is 6.95. The fourth-order valence-electron chi connectivity index (χ4n) is 2.08. The smallest absolute Gasteiger partial charge is 0.339 e. The van der Waals surface area contributed by atoms with E-state index in [0.29, 0.717) is 17.9 Å². The van der Waals surface area contributed by atoms with E-state index in [1.807, 2.05) is 56.3 Å². The number of esters is 1. The van der Waals surface area contributed by atoms with Crippen LogP contribution in [0.3, 0.4) is 0 Å². The number of aryl methyl sites for hydroxylation is 1. The SMILES string of the molecule is CCOC(=O)c1ccc(-c2ccc(N(C)C)cc2)nc1C. The maximum atomic E-state index is 11.8. The molecule has 0 aliphatic heterocycles. The van der Waals surface area contributed by atoms with E-state index >= 15 is 0 Å². The van der Waals surface area contributed by atoms with Crippen LogP contribution in [0.5, 0.6) is 0 Å². The second-order valence-corrected chi connectivity index (χ2v) is 4.99. The van der Waals surface area contributed by atoms with Crippen molar-refractivity contribution in [3.8, 4) is 11.3 Å². The molecule has 0 unspecified atom stereocenters. The Hall–Kier alpha value is -2.36. The highest BCUT2D eigenvalue weighted by atomic mass is 16.5. The lowest BCUT2D eigenvalue weighted by atomic mass is 10.1. The lowest BCUT2D eigenvalue weighted by Gasteiger charge is -2.13. The quantitative estimate of drug-likeness (QED) is 0.808. The molecule has 4 nitrogen and oxygen atoms in total. The fraction of sp³-hybridized carbons (Fsp3) is 0.294. The van der Waals surface area contributed by atoms with E-state index in [1.165, 1.54) is 0 Å². The molecule has 0 atom stereocenters. The molecule has 2 aromatic rings. The van der Waals surface area contributed by atoms with E-state index in [1.54, 1.807) is 13.0 Å². The maximum absolute atomic E-state index is 11.8. The third-order valence-corrected chi connectivity index (χ3v) is 3.26. The molecule has 0 N–H and O–H groups in total. The Labute approximate surface area is 125 Å². The highest BCUT2D eigenvalue weighted by Crippen LogP contribution is 2.22. The minimum atomic E-state index is -0.322. The van der Waals surface area contributed by atoms with Gasteiger partial charge in [-0.15, -0.1) is 0 Å². The Kier molecular flexibility index (Phi) is 4.58. The summed E-state index contributed by atoms with van der Waals surface area (Å²) in [5.41, 5.74) is 4.22. The first kappa shape index (κ1) is 15.0. The average Bonchev–Trinajstić information content (AvgIpc) is 2.47. The molecule has 0 aliphatic carbocycles. The van der Waals surface area contributed by atoms with Crippen molar-refractivity contribution in [1.29, 1.82) is 0 Å². The zero-order valence-corrected chi connectivity index (χ0v) is 12.9. The molecule has 0 bridgehead atoms. The molecule has 1 aromatic heterocycles. The summed E-state index contributed by atoms with van der Waals surface area (Å²) in [4.78, 5) is 18.3. The van der Waals surface area contributed by atoms with Gasteiger partial charge in [0.2, 0.25) is 0 Å². The van der Waals surface area contributed by atoms with Gasteiger partial charge in [-0.2, -0.15) is 0 Å². The number of carbonyl (C=O) groups is 1. The molecule has 0 radical (unpaired) electrons. The Balaban J connectivity index is 2.29. The van der Waals surface area contributed by atoms with Crippen molar-refractivity contribution in [3.63, 3.8) is 0 Å². The summed E-state index contributed by atoms with van der Waals surface area (Å²) in [5.74, 6) is -0.322. The standard InChI is InChI=1S/C17H20N2O2/c1-5-21-17(20)15-10-11-16(18-12(15)2)13-6-8-14(9-7-13)19(3)4/h6-11H,5H2,1-4H3. The molecule has 2 rings (SSSR count). The number of hydrogen-bond acceptors (Lipinski definition) is 4. The van der Waals surface area contributed by atoms with Crippen LogP contribution in [0.4, 0.5) is 5.69 Å². The number of pyridine rings is 1. The highest BCUT2D eigenvalue weighted by Gasteiger charge is 2.12. The minimum absolute atomic E-state index is 0.322. The first-order valence-corrected chi connectivity index (χ1v) is 6.95. The summed E-state index contributed by atoms with van der Waals surface area (Å²) in [6.07, 6.45) is 0. The molecule has 0 saturated heterocycles. The van der Waals surface area contributed by atoms with Gasteiger partial charge in [-0.1, -0.05) is 12.1 Å². The average molecular weight is 284 g/mol. The number of anilines is 1. The van der Waals surface area contributed by atoms with Crippen molar-refractivity contribution in [2.75, 3.05) is 25.6 Å². The largest absolute Gasteiger partial charge is 0.462 e. The molecule has 0 fully saturated rings. The lowest BCUT2D eigenvalue weighted by Crippen LogP contribution is -2.08. The molecule has 1 heterocycles. The second kappa shape index (κ2) is 6.39. The van der Waals surface area contributed by atoms with Gasteiger partial charge in [0.05, 0.1) is 23.6 Å². The van der Waals surface area contributed by atoms with Crippen LogP contribution in [0.2, 0.25) is 0 Å². The van der Waals surface area contributed by atoms with E-state index < -0.39 is 0 Å². The summed E-state index contributed by atoms with van der Waals surface area (Å²) in [7, 11) is 4.01. The number of hydrogen-bond donors (Lipinski definition) is 0. The summed E-state index contributed by atoms with van der Waals surface area (Å²) in [5, 5.41) is 0. The Morgan fingerprint density at radius 2 is 1.81 bits per heavy atom. The third kappa shape index (κ3) is 3.40. The van der Waals surface area contributed by atoms with E-state index in [9.17, 15) is 4.79 Å². The monoisotopic (exact) mass is 284 g/mol. The number of benzene rings is 1. The van der Waals surface area contributed by atoms with Gasteiger partial charge in [0, 0.05) is 25.3 Å². The summed E-state index contributed by atoms with van der Waals surface area (Å²) in [6.45, 7) is 3.98. The van der Waals surface area contributed by atoms with Crippen LogP contribution in [0.25, 0.3) is 11.3 Å². The second-order valence-electron chi connectivity index (χ2n) is 4.99. The van der Waals surface area contributed by atoms with E-state index in [0.717, 1.165) is 16.9 Å². The van der Waals surface area contributed by atoms with Crippen molar-refractivity contribution in [2.24, 2.45) is 0 Å². The van der Waals surface area contributed by atoms with Crippen molar-refractivity contribution < 1.29 is 9.53 Å². The summed E-state index contributed by atoms with van der Waals surface area (Å²) in [6, 6.07) is 11.8. The molecule has 110 valence electrons. The Morgan fingerprint density at radius 1 is 1.14 bits per heavy atom. The predicted molar refractivity (Wildman–Crippen MR) is 84.7 cm³/mol. The molecule has 0 aliphatic rings. The van der Waals surface area contributed by atoms with Crippen molar-refractivity contribution in [2.45, 2.75) is 13.8 Å². The van der Waals surface area contributed by atoms with Gasteiger partial charge in [0.15, 0.2) is 0 Å². The van der Waals surface area contributed by atoms with E-state index in [4.69, 9.17) is 4.74 Å². The third-order valence-electron chi connectivity index (χ3n) is 3.26. The molecule has 21 heavy (non-hydrogen) atoms. The van der Waals surface area contributed by atoms with E-state index in [-0.39, 0.29) is 5.97 Å². The number of carbonyl (C=O) groups excluding carboxylic acids is 1. The van der Waals surface area contributed by atoms with Gasteiger partial charge in [-0.25, -0.2) is 4.79 Å². The van der Waals surface area contributed by atoms with Crippen LogP contribution in [0, 0.1) is 6.92 Å². The van der Waals surface area contributed by atoms with Gasteiger partial charge in [0.1, 0.15) is 0 Å². The maximum Gasteiger partial charge on any atom is 0.339 e. The predicted octanol–water partition coefficient (Wildman–Crippen LogP) is 3.30. The number of aromatic nitrogens is 1. The first-order chi connectivity index (χ1) is 10.0. The van der Waals surface area contributed by atoms with Crippen LogP contribution in [0.15, 0.2) is 36.4 Å². The zero-order chi connectivity index (χ0) is 15.4. The van der Waals surface area contributed by atoms with Gasteiger partial charge < -0.3 is 9.64 Å². The summed E-state index contributed by atoms with van der Waals surface area (Å²) < 4.78 is 5.01. The van der Waals surface area contributed by atoms with Crippen molar-refractivity contribution in [1.82, 2.24) is 4.98 Å². The molecule has 4 heteroatoms. The lowest BCUT2D eigenvalue weighted by molar-refractivity contribution is 0.0525. The van der Waals surface area contributed by atoms with Crippen LogP contribution in [-0.4, -0.2) is 31.7 Å². The molecule has 1 aromatic carbocycles. The Bertz CT molecular complexity index is 634. The number of rotatable bonds is 4. The van der Waals surface area contributed by atoms with Crippen molar-refractivity contribution in [3.05, 3.63) is 47.7 Å². The van der Waals surface area contributed by atoms with E-state index in [2.05, 4.69) is 4.98 Å². The Morgan fingerprint density at radius 3 is 2.33 bits per heavy atom. The molecular formula is C17H20N2O2. The molecule has 0 spiro atoms. The van der Waals surface area contributed by atoms with Crippen molar-refractivity contribution >= 4 is 11.7 Å². The topological polar surface area (TPSA) is 42.4 Å². The number of ether oxygens (including phenoxy) is 1. The summed E-state index contributed by atoms with van der Waals surface area (Å²) >= 11 is 0. The molecule has 0 amide bonds. The highest BCUT2D eigenvalue weighted by molar-refractivity contribution is 5.91. The fourth-order valence-corrected chi connectivity index (χ4v) is 2.08. The zero-order valence-electron chi connectivity index (χ0n) is 12.9. The van der Waals surface area contributed by atoms with Crippen LogP contribution < -0.4 is 4.90 Å². The number of nitrogens with zero attached hydrogens (tertiary/aromatic N) is 2. The van der Waals surface area contributed by atoms with Gasteiger partial charge in [-0.3, -0.25) is 4.98 Å². The molecular weight excluding hydrogens is 264 g/mol. The normalized spacial score (nSPS) is 10.3. The molecule has 0 saturated carbocycles. The van der Waals surface area contributed by atoms with Gasteiger partial charge in [0.25, 0.3) is 0 Å². The van der Waals surface area contributed by atoms with Crippen LogP contribution in [0.1, 0.15) is 23.0 Å². The van der Waals surface area contributed by atoms with Crippen LogP contribution in [-0.2, 0) is 4.74 Å². The van der Waals surface area contributed by atoms with Gasteiger partial charge >= 0.3 is 5.97 Å².